The monoisotopic (exact) mass is 224 g/mol. The van der Waals surface area contributed by atoms with Gasteiger partial charge in [-0.3, -0.25) is 4.79 Å². The van der Waals surface area contributed by atoms with Crippen LogP contribution >= 0.6 is 0 Å². The van der Waals surface area contributed by atoms with Gasteiger partial charge >= 0.3 is 0 Å². The zero-order chi connectivity index (χ0) is 11.8. The minimum Gasteiger partial charge on any atom is -0.340 e. The van der Waals surface area contributed by atoms with E-state index in [1.54, 1.807) is 0 Å². The molecule has 2 unspecified atom stereocenters. The Bertz CT molecular complexity index is 268. The predicted octanol–water partition coefficient (Wildman–Crippen LogP) is 1.76. The Kier molecular flexibility index (Phi) is 3.24. The van der Waals surface area contributed by atoms with Crippen LogP contribution in [0.5, 0.6) is 0 Å². The van der Waals surface area contributed by atoms with Crippen molar-refractivity contribution in [1.82, 2.24) is 4.90 Å². The lowest BCUT2D eigenvalue weighted by molar-refractivity contribution is -0.135. The van der Waals surface area contributed by atoms with Gasteiger partial charge in [0.25, 0.3) is 0 Å². The van der Waals surface area contributed by atoms with E-state index in [0.717, 1.165) is 25.8 Å². The van der Waals surface area contributed by atoms with Crippen LogP contribution in [-0.2, 0) is 4.79 Å². The normalized spacial score (nSPS) is 32.6. The van der Waals surface area contributed by atoms with Gasteiger partial charge in [-0.15, -0.1) is 0 Å². The summed E-state index contributed by atoms with van der Waals surface area (Å²) in [4.78, 5) is 14.3. The molecule has 1 aliphatic carbocycles. The first kappa shape index (κ1) is 11.9. The summed E-state index contributed by atoms with van der Waals surface area (Å²) in [6, 6.07) is 0.428. The van der Waals surface area contributed by atoms with Crippen LogP contribution in [-0.4, -0.2) is 29.9 Å². The maximum absolute atomic E-state index is 12.2. The predicted molar refractivity (Wildman–Crippen MR) is 64.9 cm³/mol. The molecule has 3 nitrogen and oxygen atoms in total. The fourth-order valence-corrected chi connectivity index (χ4v) is 3.20. The second-order valence-corrected chi connectivity index (χ2v) is 5.97. The molecule has 1 aliphatic heterocycles. The molecule has 0 aromatic carbocycles. The van der Waals surface area contributed by atoms with E-state index < -0.39 is 0 Å². The number of carbonyl (C=O) groups is 1. The summed E-state index contributed by atoms with van der Waals surface area (Å²) < 4.78 is 0. The van der Waals surface area contributed by atoms with Gasteiger partial charge in [0, 0.05) is 19.0 Å². The van der Waals surface area contributed by atoms with Gasteiger partial charge in [0.05, 0.1) is 0 Å². The van der Waals surface area contributed by atoms with Gasteiger partial charge in [0.2, 0.25) is 5.91 Å². The molecule has 1 saturated carbocycles. The van der Waals surface area contributed by atoms with Crippen LogP contribution in [0.15, 0.2) is 0 Å². The minimum absolute atomic E-state index is 0.155. The molecule has 0 spiro atoms. The summed E-state index contributed by atoms with van der Waals surface area (Å²) in [6.45, 7) is 6.01. The van der Waals surface area contributed by atoms with E-state index in [2.05, 4.69) is 18.7 Å². The summed E-state index contributed by atoms with van der Waals surface area (Å²) in [6.07, 6.45) is 5.37. The van der Waals surface area contributed by atoms with Crippen molar-refractivity contribution in [1.29, 1.82) is 0 Å². The maximum atomic E-state index is 12.2. The fourth-order valence-electron chi connectivity index (χ4n) is 3.20. The molecule has 2 rings (SSSR count). The summed E-state index contributed by atoms with van der Waals surface area (Å²) in [5, 5.41) is 0. The topological polar surface area (TPSA) is 46.3 Å². The van der Waals surface area contributed by atoms with Crippen molar-refractivity contribution in [2.24, 2.45) is 17.1 Å². The van der Waals surface area contributed by atoms with Crippen molar-refractivity contribution in [3.63, 3.8) is 0 Å². The van der Waals surface area contributed by atoms with Crippen LogP contribution in [0.4, 0.5) is 0 Å². The van der Waals surface area contributed by atoms with E-state index in [4.69, 9.17) is 5.73 Å². The number of hydrogen-bond donors (Lipinski definition) is 1. The molecule has 0 aromatic rings. The van der Waals surface area contributed by atoms with Crippen molar-refractivity contribution >= 4 is 5.91 Å². The highest BCUT2D eigenvalue weighted by Gasteiger charge is 2.40. The third kappa shape index (κ3) is 2.10. The van der Waals surface area contributed by atoms with Crippen LogP contribution in [0.2, 0.25) is 0 Å². The summed E-state index contributed by atoms with van der Waals surface area (Å²) >= 11 is 0. The standard InChI is InChI=1S/C13H24N2O/c1-10-6-11(2)15(8-10)12(16)7-13(9-14)4-3-5-13/h10-11H,3-9,14H2,1-2H3. The van der Waals surface area contributed by atoms with Gasteiger partial charge in [-0.2, -0.15) is 0 Å². The Morgan fingerprint density at radius 1 is 1.44 bits per heavy atom. The lowest BCUT2D eigenvalue weighted by Gasteiger charge is -2.41. The van der Waals surface area contributed by atoms with Crippen LogP contribution in [0, 0.1) is 11.3 Å². The molecule has 92 valence electrons. The number of carbonyl (C=O) groups excluding carboxylic acids is 1. The average molecular weight is 224 g/mol. The molecule has 0 aromatic heterocycles. The number of rotatable bonds is 3. The molecule has 1 amide bonds. The van der Waals surface area contributed by atoms with Crippen molar-refractivity contribution in [3.8, 4) is 0 Å². The molecule has 0 bridgehead atoms. The van der Waals surface area contributed by atoms with E-state index >= 15 is 0 Å². The first-order valence-electron chi connectivity index (χ1n) is 6.56. The Morgan fingerprint density at radius 3 is 2.50 bits per heavy atom. The van der Waals surface area contributed by atoms with Gasteiger partial charge in [-0.25, -0.2) is 0 Å². The van der Waals surface area contributed by atoms with Crippen molar-refractivity contribution in [2.75, 3.05) is 13.1 Å². The lowest BCUT2D eigenvalue weighted by atomic mass is 9.66. The van der Waals surface area contributed by atoms with Gasteiger partial charge in [0.15, 0.2) is 0 Å². The van der Waals surface area contributed by atoms with Crippen molar-refractivity contribution in [2.45, 2.75) is 52.0 Å². The smallest absolute Gasteiger partial charge is 0.223 e. The average Bonchev–Trinajstić information content (AvgIpc) is 2.51. The molecule has 16 heavy (non-hydrogen) atoms. The number of likely N-dealkylation sites (tertiary alicyclic amines) is 1. The van der Waals surface area contributed by atoms with Crippen LogP contribution in [0.1, 0.15) is 46.0 Å². The zero-order valence-electron chi connectivity index (χ0n) is 10.5. The van der Waals surface area contributed by atoms with Crippen molar-refractivity contribution < 1.29 is 4.79 Å². The Hall–Kier alpha value is -0.570. The second-order valence-electron chi connectivity index (χ2n) is 5.97. The second kappa shape index (κ2) is 4.36. The Balaban J connectivity index is 1.92. The molecule has 2 aliphatic rings. The minimum atomic E-state index is 0.155. The molecule has 2 N–H and O–H groups in total. The quantitative estimate of drug-likeness (QED) is 0.794. The number of amides is 1. The molecule has 2 atom stereocenters. The highest BCUT2D eigenvalue weighted by atomic mass is 16.2. The van der Waals surface area contributed by atoms with Gasteiger partial charge < -0.3 is 10.6 Å². The fraction of sp³-hybridized carbons (Fsp3) is 0.923. The third-order valence-electron chi connectivity index (χ3n) is 4.48. The van der Waals surface area contributed by atoms with Gasteiger partial charge in [-0.05, 0) is 44.1 Å². The molecule has 3 heteroatoms. The SMILES string of the molecule is CC1CC(C)N(C(=O)CC2(CN)CCC2)C1. The van der Waals surface area contributed by atoms with Crippen LogP contribution in [0.25, 0.3) is 0 Å². The van der Waals surface area contributed by atoms with E-state index in [9.17, 15) is 4.79 Å². The molecular weight excluding hydrogens is 200 g/mol. The zero-order valence-corrected chi connectivity index (χ0v) is 10.5. The van der Waals surface area contributed by atoms with E-state index in [1.165, 1.54) is 6.42 Å². The largest absolute Gasteiger partial charge is 0.340 e. The van der Waals surface area contributed by atoms with Gasteiger partial charge in [-0.1, -0.05) is 13.3 Å². The third-order valence-corrected chi connectivity index (χ3v) is 4.48. The number of hydrogen-bond acceptors (Lipinski definition) is 2. The highest BCUT2D eigenvalue weighted by Crippen LogP contribution is 2.43. The lowest BCUT2D eigenvalue weighted by Crippen LogP contribution is -2.44. The highest BCUT2D eigenvalue weighted by molar-refractivity contribution is 5.77. The Morgan fingerprint density at radius 2 is 2.12 bits per heavy atom. The summed E-state index contributed by atoms with van der Waals surface area (Å²) in [7, 11) is 0. The van der Waals surface area contributed by atoms with Crippen LogP contribution in [0.3, 0.4) is 0 Å². The van der Waals surface area contributed by atoms with Gasteiger partial charge in [0.1, 0.15) is 0 Å². The van der Waals surface area contributed by atoms with Crippen molar-refractivity contribution in [3.05, 3.63) is 0 Å². The molecule has 0 radical (unpaired) electrons. The van der Waals surface area contributed by atoms with E-state index in [-0.39, 0.29) is 5.41 Å². The summed E-state index contributed by atoms with van der Waals surface area (Å²) in [5.41, 5.74) is 5.96. The molecule has 1 heterocycles. The summed E-state index contributed by atoms with van der Waals surface area (Å²) in [5.74, 6) is 0.996. The number of nitrogens with two attached hydrogens (primary N) is 1. The maximum Gasteiger partial charge on any atom is 0.223 e. The molecular formula is C13H24N2O. The Labute approximate surface area is 98.4 Å². The van der Waals surface area contributed by atoms with Crippen LogP contribution < -0.4 is 5.73 Å². The molecule has 2 fully saturated rings. The number of nitrogens with zero attached hydrogens (tertiary/aromatic N) is 1. The van der Waals surface area contributed by atoms with E-state index in [0.29, 0.717) is 30.8 Å². The first-order chi connectivity index (χ1) is 7.56. The van der Waals surface area contributed by atoms with E-state index in [1.807, 2.05) is 0 Å². The molecule has 1 saturated heterocycles. The first-order valence-corrected chi connectivity index (χ1v) is 6.56.